The molecule has 130 valence electrons. The number of fused-ring (bicyclic) bond motifs is 3. The van der Waals surface area contributed by atoms with Gasteiger partial charge >= 0.3 is 5.97 Å². The highest BCUT2D eigenvalue weighted by Crippen LogP contribution is 2.54. The van der Waals surface area contributed by atoms with Gasteiger partial charge in [-0.25, -0.2) is 0 Å². The summed E-state index contributed by atoms with van der Waals surface area (Å²) in [5, 5.41) is 0. The number of hydrogen-bond acceptors (Lipinski definition) is 2. The van der Waals surface area contributed by atoms with E-state index in [0.717, 1.165) is 23.7 Å². The summed E-state index contributed by atoms with van der Waals surface area (Å²) in [6.45, 7) is 11.1. The lowest BCUT2D eigenvalue weighted by Crippen LogP contribution is -2.43. The molecule has 23 heavy (non-hydrogen) atoms. The van der Waals surface area contributed by atoms with E-state index >= 15 is 0 Å². The fourth-order valence-corrected chi connectivity index (χ4v) is 4.75. The highest BCUT2D eigenvalue weighted by molar-refractivity contribution is 5.65. The number of carbonyl (C=O) groups excluding carboxylic acids is 1. The Kier molecular flexibility index (Phi) is 6.11. The van der Waals surface area contributed by atoms with Crippen LogP contribution in [0.25, 0.3) is 0 Å². The molecule has 2 nitrogen and oxygen atoms in total. The second-order valence-electron chi connectivity index (χ2n) is 8.09. The van der Waals surface area contributed by atoms with Crippen LogP contribution in [0.5, 0.6) is 0 Å². The Hall–Kier alpha value is -1.05. The molecule has 0 spiro atoms. The number of allylic oxidation sites excluding steroid dienone is 4. The zero-order valence-corrected chi connectivity index (χ0v) is 15.6. The summed E-state index contributed by atoms with van der Waals surface area (Å²) in [5.74, 6) is 3.53. The van der Waals surface area contributed by atoms with Crippen molar-refractivity contribution in [1.29, 1.82) is 0 Å². The quantitative estimate of drug-likeness (QED) is 0.593. The minimum atomic E-state index is -0.211. The van der Waals surface area contributed by atoms with Gasteiger partial charge in [-0.15, -0.1) is 0 Å². The third-order valence-electron chi connectivity index (χ3n) is 6.42. The standard InChI is InChI=1S/C17H26.C4H8O2/c1-12-14-9-8-13-6-4-5-7-15(13)16(14)10-11-17(12,2)3;1-3-6-4(2)5/h4,6,8,12,14-16H,5,7,9-11H2,1-3H3;3H2,1-2H3. The van der Waals surface area contributed by atoms with Crippen LogP contribution in [-0.4, -0.2) is 12.6 Å². The molecule has 0 aromatic heterocycles. The van der Waals surface area contributed by atoms with Crippen molar-refractivity contribution >= 4 is 5.97 Å². The maximum absolute atomic E-state index is 9.82. The number of hydrogen-bond donors (Lipinski definition) is 0. The van der Waals surface area contributed by atoms with Crippen molar-refractivity contribution in [3.63, 3.8) is 0 Å². The van der Waals surface area contributed by atoms with Crippen LogP contribution < -0.4 is 0 Å². The van der Waals surface area contributed by atoms with Crippen molar-refractivity contribution in [3.05, 3.63) is 23.8 Å². The highest BCUT2D eigenvalue weighted by Gasteiger charge is 2.45. The van der Waals surface area contributed by atoms with Gasteiger partial charge in [-0.05, 0) is 73.7 Å². The van der Waals surface area contributed by atoms with E-state index in [-0.39, 0.29) is 5.97 Å². The van der Waals surface area contributed by atoms with Crippen molar-refractivity contribution in [2.75, 3.05) is 6.61 Å². The van der Waals surface area contributed by atoms with Crippen LogP contribution >= 0.6 is 0 Å². The first-order valence-corrected chi connectivity index (χ1v) is 9.36. The van der Waals surface area contributed by atoms with Crippen LogP contribution in [0.15, 0.2) is 23.8 Å². The molecule has 0 aromatic rings. The van der Waals surface area contributed by atoms with Crippen LogP contribution in [0.3, 0.4) is 0 Å². The van der Waals surface area contributed by atoms with Crippen LogP contribution in [0.1, 0.15) is 66.7 Å². The van der Waals surface area contributed by atoms with Crippen molar-refractivity contribution in [2.45, 2.75) is 66.7 Å². The van der Waals surface area contributed by atoms with Crippen LogP contribution in [0.4, 0.5) is 0 Å². The highest BCUT2D eigenvalue weighted by atomic mass is 16.5. The van der Waals surface area contributed by atoms with E-state index in [4.69, 9.17) is 0 Å². The molecule has 0 aromatic carbocycles. The van der Waals surface area contributed by atoms with Gasteiger partial charge in [-0.3, -0.25) is 4.79 Å². The summed E-state index contributed by atoms with van der Waals surface area (Å²) in [7, 11) is 0. The second kappa shape index (κ2) is 7.68. The topological polar surface area (TPSA) is 26.3 Å². The van der Waals surface area contributed by atoms with Crippen molar-refractivity contribution in [2.24, 2.45) is 29.1 Å². The van der Waals surface area contributed by atoms with Crippen molar-refractivity contribution in [1.82, 2.24) is 0 Å². The lowest BCUT2D eigenvalue weighted by atomic mass is 9.54. The minimum Gasteiger partial charge on any atom is -0.466 e. The molecule has 0 aliphatic heterocycles. The summed E-state index contributed by atoms with van der Waals surface area (Å²) in [5.41, 5.74) is 2.24. The van der Waals surface area contributed by atoms with Gasteiger partial charge in [0.15, 0.2) is 0 Å². The van der Waals surface area contributed by atoms with E-state index in [1.165, 1.54) is 39.0 Å². The van der Waals surface area contributed by atoms with Gasteiger partial charge in [-0.1, -0.05) is 39.0 Å². The summed E-state index contributed by atoms with van der Waals surface area (Å²) in [4.78, 5) is 9.82. The molecule has 0 N–H and O–H groups in total. The van der Waals surface area contributed by atoms with Gasteiger partial charge in [0.25, 0.3) is 0 Å². The normalized spacial score (nSPS) is 34.2. The lowest BCUT2D eigenvalue weighted by Gasteiger charge is -2.51. The van der Waals surface area contributed by atoms with E-state index in [1.54, 1.807) is 12.5 Å². The number of esters is 1. The van der Waals surface area contributed by atoms with Crippen molar-refractivity contribution in [3.8, 4) is 0 Å². The first kappa shape index (κ1) is 18.3. The monoisotopic (exact) mass is 318 g/mol. The largest absolute Gasteiger partial charge is 0.466 e. The fourth-order valence-electron chi connectivity index (χ4n) is 4.75. The van der Waals surface area contributed by atoms with Crippen LogP contribution in [0, 0.1) is 29.1 Å². The summed E-state index contributed by atoms with van der Waals surface area (Å²) in [6.07, 6.45) is 14.3. The molecular formula is C21H34O2. The van der Waals surface area contributed by atoms with E-state index in [9.17, 15) is 4.79 Å². The van der Waals surface area contributed by atoms with Gasteiger partial charge in [0.1, 0.15) is 0 Å². The molecule has 1 fully saturated rings. The first-order valence-electron chi connectivity index (χ1n) is 9.36. The zero-order chi connectivity index (χ0) is 17.0. The third kappa shape index (κ3) is 4.28. The molecule has 0 radical (unpaired) electrons. The van der Waals surface area contributed by atoms with E-state index in [2.05, 4.69) is 43.7 Å². The molecule has 3 rings (SSSR count). The van der Waals surface area contributed by atoms with Gasteiger partial charge in [-0.2, -0.15) is 0 Å². The van der Waals surface area contributed by atoms with Gasteiger partial charge in [0.2, 0.25) is 0 Å². The summed E-state index contributed by atoms with van der Waals surface area (Å²) in [6, 6.07) is 0. The number of rotatable bonds is 1. The molecule has 0 heterocycles. The average Bonchev–Trinajstić information content (AvgIpc) is 2.51. The predicted molar refractivity (Wildman–Crippen MR) is 96.0 cm³/mol. The number of ether oxygens (including phenoxy) is 1. The maximum Gasteiger partial charge on any atom is 0.302 e. The maximum atomic E-state index is 9.82. The fraction of sp³-hybridized carbons (Fsp3) is 0.762. The van der Waals surface area contributed by atoms with Crippen molar-refractivity contribution < 1.29 is 9.53 Å². The third-order valence-corrected chi connectivity index (χ3v) is 6.42. The molecule has 4 unspecified atom stereocenters. The first-order chi connectivity index (χ1) is 10.9. The number of carbonyl (C=O) groups is 1. The Balaban J connectivity index is 0.000000277. The van der Waals surface area contributed by atoms with Gasteiger partial charge < -0.3 is 4.74 Å². The molecule has 0 amide bonds. The molecule has 4 atom stereocenters. The van der Waals surface area contributed by atoms with Crippen LogP contribution in [-0.2, 0) is 9.53 Å². The summed E-state index contributed by atoms with van der Waals surface area (Å²) >= 11 is 0. The Morgan fingerprint density at radius 3 is 2.65 bits per heavy atom. The molecular weight excluding hydrogens is 284 g/mol. The predicted octanol–water partition coefficient (Wildman–Crippen LogP) is 5.54. The summed E-state index contributed by atoms with van der Waals surface area (Å²) < 4.78 is 4.40. The molecule has 3 aliphatic rings. The second-order valence-corrected chi connectivity index (χ2v) is 8.09. The Labute approximate surface area is 142 Å². The molecule has 1 saturated carbocycles. The van der Waals surface area contributed by atoms with Gasteiger partial charge in [0.05, 0.1) is 6.61 Å². The van der Waals surface area contributed by atoms with E-state index in [0.29, 0.717) is 12.0 Å². The average molecular weight is 319 g/mol. The van der Waals surface area contributed by atoms with Gasteiger partial charge in [0, 0.05) is 6.92 Å². The Bertz CT molecular complexity index is 472. The Morgan fingerprint density at radius 2 is 2.04 bits per heavy atom. The zero-order valence-electron chi connectivity index (χ0n) is 15.6. The van der Waals surface area contributed by atoms with Crippen LogP contribution in [0.2, 0.25) is 0 Å². The lowest BCUT2D eigenvalue weighted by molar-refractivity contribution is -0.140. The molecule has 2 heteroatoms. The molecule has 0 saturated heterocycles. The molecule has 3 aliphatic carbocycles. The Morgan fingerprint density at radius 1 is 1.30 bits per heavy atom. The SMILES string of the molecule is CC1C2CC=C3C=CCCC3C2CCC1(C)C.CCOC(C)=O. The van der Waals surface area contributed by atoms with E-state index in [1.807, 2.05) is 0 Å². The molecule has 0 bridgehead atoms. The minimum absolute atomic E-state index is 0.211. The van der Waals surface area contributed by atoms with E-state index < -0.39 is 0 Å². The smallest absolute Gasteiger partial charge is 0.302 e.